The van der Waals surface area contributed by atoms with Gasteiger partial charge in [-0.05, 0) is 43.2 Å². The van der Waals surface area contributed by atoms with Crippen molar-refractivity contribution in [3.63, 3.8) is 0 Å². The molecule has 1 aromatic heterocycles. The van der Waals surface area contributed by atoms with Crippen molar-refractivity contribution in [3.05, 3.63) is 30.1 Å². The molecule has 2 atom stereocenters. The Balaban J connectivity index is 2.28. The molecule has 0 aliphatic rings. The minimum atomic E-state index is 0.396. The Morgan fingerprint density at radius 2 is 1.76 bits per heavy atom. The van der Waals surface area contributed by atoms with Crippen LogP contribution in [0, 0.1) is 5.92 Å². The molecule has 96 valence electrons. The molecule has 0 bridgehead atoms. The molecule has 0 aliphatic carbocycles. The number of thioether (sulfide) groups is 1. The third kappa shape index (κ3) is 6.08. The van der Waals surface area contributed by atoms with Crippen LogP contribution in [-0.2, 0) is 0 Å². The van der Waals surface area contributed by atoms with Gasteiger partial charge in [0.2, 0.25) is 0 Å². The minimum absolute atomic E-state index is 0.396. The standard InChI is InChI=1S/C14H24N2S/c1-11(2)9-17-10-12(3)16-13(4)14-5-7-15-8-6-14/h5-8,11-13,16H,9-10H2,1-4H3. The number of hydrogen-bond acceptors (Lipinski definition) is 3. The number of nitrogens with zero attached hydrogens (tertiary/aromatic N) is 1. The highest BCUT2D eigenvalue weighted by atomic mass is 32.2. The van der Waals surface area contributed by atoms with Crippen LogP contribution in [0.3, 0.4) is 0 Å². The third-order valence-corrected chi connectivity index (χ3v) is 4.20. The van der Waals surface area contributed by atoms with Crippen molar-refractivity contribution >= 4 is 11.8 Å². The lowest BCUT2D eigenvalue weighted by Crippen LogP contribution is -2.31. The molecule has 0 saturated carbocycles. The van der Waals surface area contributed by atoms with Crippen molar-refractivity contribution in [3.8, 4) is 0 Å². The van der Waals surface area contributed by atoms with Crippen LogP contribution >= 0.6 is 11.8 Å². The van der Waals surface area contributed by atoms with Crippen LogP contribution in [0.15, 0.2) is 24.5 Å². The van der Waals surface area contributed by atoms with E-state index in [1.54, 1.807) is 0 Å². The van der Waals surface area contributed by atoms with E-state index in [4.69, 9.17) is 0 Å². The number of rotatable bonds is 7. The molecule has 0 radical (unpaired) electrons. The summed E-state index contributed by atoms with van der Waals surface area (Å²) in [6.45, 7) is 9.00. The summed E-state index contributed by atoms with van der Waals surface area (Å²) < 4.78 is 0. The van der Waals surface area contributed by atoms with E-state index in [1.807, 2.05) is 24.2 Å². The van der Waals surface area contributed by atoms with Gasteiger partial charge in [-0.1, -0.05) is 13.8 Å². The van der Waals surface area contributed by atoms with E-state index in [9.17, 15) is 0 Å². The van der Waals surface area contributed by atoms with Crippen LogP contribution in [-0.4, -0.2) is 22.5 Å². The molecule has 2 nitrogen and oxygen atoms in total. The first-order chi connectivity index (χ1) is 8.09. The Hall–Kier alpha value is -0.540. The second kappa shape index (κ2) is 7.72. The monoisotopic (exact) mass is 252 g/mol. The van der Waals surface area contributed by atoms with Gasteiger partial charge >= 0.3 is 0 Å². The number of hydrogen-bond donors (Lipinski definition) is 1. The van der Waals surface area contributed by atoms with Crippen LogP contribution in [0.4, 0.5) is 0 Å². The van der Waals surface area contributed by atoms with Crippen LogP contribution in [0.5, 0.6) is 0 Å². The summed E-state index contributed by atoms with van der Waals surface area (Å²) >= 11 is 2.03. The molecule has 0 amide bonds. The zero-order chi connectivity index (χ0) is 12.7. The second-order valence-corrected chi connectivity index (χ2v) is 6.08. The van der Waals surface area contributed by atoms with E-state index < -0.39 is 0 Å². The van der Waals surface area contributed by atoms with E-state index in [0.717, 1.165) is 5.92 Å². The van der Waals surface area contributed by atoms with Crippen molar-refractivity contribution < 1.29 is 0 Å². The SMILES string of the molecule is CC(C)CSCC(C)NC(C)c1ccncc1. The van der Waals surface area contributed by atoms with Gasteiger partial charge in [0.15, 0.2) is 0 Å². The minimum Gasteiger partial charge on any atom is -0.307 e. The van der Waals surface area contributed by atoms with E-state index in [1.165, 1.54) is 17.1 Å². The summed E-state index contributed by atoms with van der Waals surface area (Å²) in [5, 5.41) is 3.62. The molecule has 0 aliphatic heterocycles. The summed E-state index contributed by atoms with van der Waals surface area (Å²) in [6, 6.07) is 5.09. The Morgan fingerprint density at radius 3 is 2.35 bits per heavy atom. The number of nitrogens with one attached hydrogen (secondary N) is 1. The zero-order valence-electron chi connectivity index (χ0n) is 11.3. The third-order valence-electron chi connectivity index (χ3n) is 2.56. The van der Waals surface area contributed by atoms with Crippen molar-refractivity contribution in [2.45, 2.75) is 39.8 Å². The van der Waals surface area contributed by atoms with Gasteiger partial charge in [-0.15, -0.1) is 0 Å². The zero-order valence-corrected chi connectivity index (χ0v) is 12.1. The van der Waals surface area contributed by atoms with E-state index in [-0.39, 0.29) is 0 Å². The van der Waals surface area contributed by atoms with Gasteiger partial charge in [0.05, 0.1) is 0 Å². The molecule has 0 aromatic carbocycles. The van der Waals surface area contributed by atoms with Gasteiger partial charge in [-0.3, -0.25) is 4.98 Å². The fourth-order valence-corrected chi connectivity index (χ4v) is 2.76. The highest BCUT2D eigenvalue weighted by Gasteiger charge is 2.09. The summed E-state index contributed by atoms with van der Waals surface area (Å²) in [7, 11) is 0. The summed E-state index contributed by atoms with van der Waals surface area (Å²) in [5.74, 6) is 3.20. The lowest BCUT2D eigenvalue weighted by molar-refractivity contribution is 0.510. The van der Waals surface area contributed by atoms with Crippen LogP contribution in [0.25, 0.3) is 0 Å². The van der Waals surface area contributed by atoms with Crippen LogP contribution in [0.2, 0.25) is 0 Å². The van der Waals surface area contributed by atoms with Gasteiger partial charge < -0.3 is 5.32 Å². The normalized spacial score (nSPS) is 14.9. The predicted molar refractivity (Wildman–Crippen MR) is 77.4 cm³/mol. The fraction of sp³-hybridized carbons (Fsp3) is 0.643. The molecule has 1 rings (SSSR count). The number of aromatic nitrogens is 1. The smallest absolute Gasteiger partial charge is 0.0295 e. The first-order valence-electron chi connectivity index (χ1n) is 6.33. The molecule has 1 N–H and O–H groups in total. The maximum absolute atomic E-state index is 4.04. The molecule has 3 heteroatoms. The Labute approximate surface area is 110 Å². The average Bonchev–Trinajstić information content (AvgIpc) is 2.29. The maximum Gasteiger partial charge on any atom is 0.0295 e. The van der Waals surface area contributed by atoms with Gasteiger partial charge in [-0.2, -0.15) is 11.8 Å². The topological polar surface area (TPSA) is 24.9 Å². The molecule has 1 heterocycles. The van der Waals surface area contributed by atoms with Gasteiger partial charge in [0, 0.05) is 30.2 Å². The molecular formula is C14H24N2S. The van der Waals surface area contributed by atoms with Crippen LogP contribution in [0.1, 0.15) is 39.3 Å². The molecule has 1 aromatic rings. The number of pyridine rings is 1. The Bertz CT molecular complexity index is 300. The molecular weight excluding hydrogens is 228 g/mol. The molecule has 17 heavy (non-hydrogen) atoms. The van der Waals surface area contributed by atoms with E-state index in [2.05, 4.69) is 50.1 Å². The second-order valence-electron chi connectivity index (χ2n) is 5.00. The predicted octanol–water partition coefficient (Wildman–Crippen LogP) is 3.51. The Kier molecular flexibility index (Phi) is 6.60. The first-order valence-corrected chi connectivity index (χ1v) is 7.48. The highest BCUT2D eigenvalue weighted by molar-refractivity contribution is 7.99. The quantitative estimate of drug-likeness (QED) is 0.804. The summed E-state index contributed by atoms with van der Waals surface area (Å²) in [6.07, 6.45) is 3.71. The molecule has 0 spiro atoms. The van der Waals surface area contributed by atoms with Gasteiger partial charge in [0.1, 0.15) is 0 Å². The first kappa shape index (κ1) is 14.5. The van der Waals surface area contributed by atoms with E-state index in [0.29, 0.717) is 12.1 Å². The van der Waals surface area contributed by atoms with Crippen LogP contribution < -0.4 is 5.32 Å². The largest absolute Gasteiger partial charge is 0.307 e. The van der Waals surface area contributed by atoms with E-state index >= 15 is 0 Å². The van der Waals surface area contributed by atoms with Crippen molar-refractivity contribution in [1.82, 2.24) is 10.3 Å². The summed E-state index contributed by atoms with van der Waals surface area (Å²) in [5.41, 5.74) is 1.31. The van der Waals surface area contributed by atoms with Crippen molar-refractivity contribution in [2.24, 2.45) is 5.92 Å². The highest BCUT2D eigenvalue weighted by Crippen LogP contribution is 2.14. The van der Waals surface area contributed by atoms with Gasteiger partial charge in [0.25, 0.3) is 0 Å². The molecule has 0 saturated heterocycles. The lowest BCUT2D eigenvalue weighted by atomic mass is 10.1. The fourth-order valence-electron chi connectivity index (χ4n) is 1.70. The maximum atomic E-state index is 4.04. The van der Waals surface area contributed by atoms with Gasteiger partial charge in [-0.25, -0.2) is 0 Å². The average molecular weight is 252 g/mol. The molecule has 0 fully saturated rings. The summed E-state index contributed by atoms with van der Waals surface area (Å²) in [4.78, 5) is 4.04. The lowest BCUT2D eigenvalue weighted by Gasteiger charge is -2.20. The molecule has 2 unspecified atom stereocenters. The Morgan fingerprint density at radius 1 is 1.12 bits per heavy atom. The van der Waals surface area contributed by atoms with Crippen molar-refractivity contribution in [1.29, 1.82) is 0 Å². The van der Waals surface area contributed by atoms with Crippen molar-refractivity contribution in [2.75, 3.05) is 11.5 Å².